The maximum Gasteiger partial charge on any atom is 0.407 e. The smallest absolute Gasteiger partial charge is 0.407 e. The van der Waals surface area contributed by atoms with Gasteiger partial charge in [0.25, 0.3) is 0 Å². The molecule has 186 valence electrons. The summed E-state index contributed by atoms with van der Waals surface area (Å²) in [6.45, 7) is 2.03. The molecule has 3 N–H and O–H groups in total. The third kappa shape index (κ3) is 5.81. The maximum absolute atomic E-state index is 12.9. The highest BCUT2D eigenvalue weighted by Gasteiger charge is 2.45. The highest BCUT2D eigenvalue weighted by Crippen LogP contribution is 2.45. The lowest BCUT2D eigenvalue weighted by atomic mass is 9.91. The molecule has 1 saturated carbocycles. The van der Waals surface area contributed by atoms with Gasteiger partial charge in [-0.2, -0.15) is 11.8 Å². The average molecular weight is 497 g/mol. The summed E-state index contributed by atoms with van der Waals surface area (Å²) in [6, 6.07) is 15.4. The van der Waals surface area contributed by atoms with Gasteiger partial charge in [-0.3, -0.25) is 4.79 Å². The fourth-order valence-corrected chi connectivity index (χ4v) is 5.42. The summed E-state index contributed by atoms with van der Waals surface area (Å²) in [4.78, 5) is 37.1. The monoisotopic (exact) mass is 496 g/mol. The number of carboxylic acid groups (broad SMARTS) is 1. The van der Waals surface area contributed by atoms with Crippen LogP contribution < -0.4 is 10.6 Å². The van der Waals surface area contributed by atoms with Crippen LogP contribution in [0.4, 0.5) is 4.79 Å². The number of carbonyl (C=O) groups excluding carboxylic acids is 2. The predicted molar refractivity (Wildman–Crippen MR) is 137 cm³/mol. The number of aliphatic carboxylic acids is 1. The first-order chi connectivity index (χ1) is 16.8. The standard InChI is InChI=1S/C27H32N2O5S/c1-27(17-11-12-17,15-24(30)28-23(25(31)32)13-14-35-2)29-26(33)34-16-22-20-9-5-3-7-18(20)19-8-4-6-10-21(19)22/h3-10,17,22-23H,11-16H2,1-2H3,(H,28,30)(H,29,33)(H,31,32)/t23-,27?/m1/s1. The summed E-state index contributed by atoms with van der Waals surface area (Å²) in [7, 11) is 0. The van der Waals surface area contributed by atoms with Crippen LogP contribution in [0.1, 0.15) is 49.7 Å². The van der Waals surface area contributed by atoms with Crippen LogP contribution in [0.3, 0.4) is 0 Å². The molecule has 0 heterocycles. The van der Waals surface area contributed by atoms with Gasteiger partial charge in [-0.05, 0) is 66.4 Å². The molecule has 0 spiro atoms. The van der Waals surface area contributed by atoms with E-state index in [4.69, 9.17) is 4.74 Å². The molecular weight excluding hydrogens is 464 g/mol. The third-order valence-corrected chi connectivity index (χ3v) is 7.63. The Bertz CT molecular complexity index is 1060. The van der Waals surface area contributed by atoms with E-state index >= 15 is 0 Å². The molecule has 4 rings (SSSR count). The summed E-state index contributed by atoms with van der Waals surface area (Å²) in [6.07, 6.45) is 3.49. The van der Waals surface area contributed by atoms with E-state index in [0.717, 1.165) is 35.1 Å². The number of nitrogens with one attached hydrogen (secondary N) is 2. The van der Waals surface area contributed by atoms with Crippen LogP contribution in [0.25, 0.3) is 11.1 Å². The first-order valence-electron chi connectivity index (χ1n) is 12.0. The van der Waals surface area contributed by atoms with E-state index in [1.54, 1.807) is 0 Å². The molecule has 2 aromatic carbocycles. The van der Waals surface area contributed by atoms with Gasteiger partial charge in [0.15, 0.2) is 0 Å². The van der Waals surface area contributed by atoms with Gasteiger partial charge in [0.2, 0.25) is 5.91 Å². The zero-order valence-electron chi connectivity index (χ0n) is 20.1. The van der Waals surface area contributed by atoms with Gasteiger partial charge in [0, 0.05) is 12.3 Å². The van der Waals surface area contributed by atoms with Gasteiger partial charge in [0.1, 0.15) is 12.6 Å². The van der Waals surface area contributed by atoms with Crippen molar-refractivity contribution in [1.82, 2.24) is 10.6 Å². The number of amides is 2. The number of hydrogen-bond donors (Lipinski definition) is 3. The molecule has 0 radical (unpaired) electrons. The Morgan fingerprint density at radius 1 is 1.09 bits per heavy atom. The van der Waals surface area contributed by atoms with Crippen molar-refractivity contribution in [3.05, 3.63) is 59.7 Å². The molecule has 2 aliphatic carbocycles. The van der Waals surface area contributed by atoms with Crippen LogP contribution in [-0.4, -0.2) is 53.3 Å². The summed E-state index contributed by atoms with van der Waals surface area (Å²) >= 11 is 1.53. The van der Waals surface area contributed by atoms with Crippen LogP contribution in [0.5, 0.6) is 0 Å². The van der Waals surface area contributed by atoms with Gasteiger partial charge in [-0.1, -0.05) is 48.5 Å². The molecule has 2 aromatic rings. The second kappa shape index (κ2) is 10.7. The number of carboxylic acids is 1. The van der Waals surface area contributed by atoms with Gasteiger partial charge in [-0.25, -0.2) is 9.59 Å². The van der Waals surface area contributed by atoms with Crippen molar-refractivity contribution in [3.63, 3.8) is 0 Å². The zero-order chi connectivity index (χ0) is 25.0. The number of benzene rings is 2. The van der Waals surface area contributed by atoms with E-state index in [9.17, 15) is 19.5 Å². The topological polar surface area (TPSA) is 105 Å². The van der Waals surface area contributed by atoms with Crippen LogP contribution in [0.15, 0.2) is 48.5 Å². The van der Waals surface area contributed by atoms with Crippen LogP contribution in [-0.2, 0) is 14.3 Å². The highest BCUT2D eigenvalue weighted by atomic mass is 32.2. The Kier molecular flexibility index (Phi) is 7.69. The van der Waals surface area contributed by atoms with Crippen molar-refractivity contribution in [2.75, 3.05) is 18.6 Å². The van der Waals surface area contributed by atoms with E-state index < -0.39 is 23.6 Å². The van der Waals surface area contributed by atoms with Crippen molar-refractivity contribution >= 4 is 29.7 Å². The van der Waals surface area contributed by atoms with Gasteiger partial charge >= 0.3 is 12.1 Å². The molecule has 0 bridgehead atoms. The van der Waals surface area contributed by atoms with E-state index in [2.05, 4.69) is 34.9 Å². The second-order valence-corrected chi connectivity index (χ2v) is 10.5. The molecule has 1 unspecified atom stereocenters. The second-order valence-electron chi connectivity index (χ2n) is 9.56. The Labute approximate surface area is 210 Å². The number of rotatable bonds is 11. The number of fused-ring (bicyclic) bond motifs is 3. The molecule has 8 heteroatoms. The van der Waals surface area contributed by atoms with Crippen molar-refractivity contribution in [2.24, 2.45) is 5.92 Å². The normalized spacial score (nSPS) is 17.0. The lowest BCUT2D eigenvalue weighted by molar-refractivity contribution is -0.142. The molecule has 35 heavy (non-hydrogen) atoms. The lowest BCUT2D eigenvalue weighted by Crippen LogP contribution is -2.52. The summed E-state index contributed by atoms with van der Waals surface area (Å²) in [5, 5.41) is 15.0. The Morgan fingerprint density at radius 2 is 1.69 bits per heavy atom. The molecule has 0 saturated heterocycles. The van der Waals surface area contributed by atoms with Gasteiger partial charge in [0.05, 0.1) is 5.54 Å². The fraction of sp³-hybridized carbons (Fsp3) is 0.444. The van der Waals surface area contributed by atoms with Crippen LogP contribution in [0, 0.1) is 5.92 Å². The van der Waals surface area contributed by atoms with Crippen molar-refractivity contribution in [2.45, 2.75) is 50.1 Å². The van der Waals surface area contributed by atoms with Gasteiger partial charge < -0.3 is 20.5 Å². The minimum Gasteiger partial charge on any atom is -0.480 e. The number of ether oxygens (including phenoxy) is 1. The number of thioether (sulfide) groups is 1. The average Bonchev–Trinajstić information content (AvgIpc) is 3.64. The zero-order valence-corrected chi connectivity index (χ0v) is 20.9. The molecule has 2 atom stereocenters. The molecule has 2 amide bonds. The van der Waals surface area contributed by atoms with Crippen LogP contribution in [0.2, 0.25) is 0 Å². The van der Waals surface area contributed by atoms with Crippen molar-refractivity contribution in [3.8, 4) is 11.1 Å². The van der Waals surface area contributed by atoms with E-state index in [-0.39, 0.29) is 30.8 Å². The number of carbonyl (C=O) groups is 3. The summed E-state index contributed by atoms with van der Waals surface area (Å²) < 4.78 is 5.69. The molecule has 1 fully saturated rings. The maximum atomic E-state index is 12.9. The molecule has 0 aliphatic heterocycles. The Hall–Kier alpha value is -3.00. The van der Waals surface area contributed by atoms with Crippen LogP contribution >= 0.6 is 11.8 Å². The van der Waals surface area contributed by atoms with Gasteiger partial charge in [-0.15, -0.1) is 0 Å². The number of hydrogen-bond acceptors (Lipinski definition) is 5. The third-order valence-electron chi connectivity index (χ3n) is 6.98. The Morgan fingerprint density at radius 3 is 2.23 bits per heavy atom. The first kappa shape index (κ1) is 25.1. The summed E-state index contributed by atoms with van der Waals surface area (Å²) in [5.41, 5.74) is 3.79. The molecular formula is C27H32N2O5S. The van der Waals surface area contributed by atoms with E-state index in [0.29, 0.717) is 12.2 Å². The first-order valence-corrected chi connectivity index (χ1v) is 13.4. The quantitative estimate of drug-likeness (QED) is 0.426. The fourth-order valence-electron chi connectivity index (χ4n) is 4.95. The minimum absolute atomic E-state index is 0.00487. The SMILES string of the molecule is CSCC[C@@H](NC(=O)CC(C)(NC(=O)OCC1c2ccccc2-c2ccccc21)C1CC1)C(=O)O. The largest absolute Gasteiger partial charge is 0.480 e. The minimum atomic E-state index is -1.05. The summed E-state index contributed by atoms with van der Waals surface area (Å²) in [5.74, 6) is -0.689. The van der Waals surface area contributed by atoms with E-state index in [1.165, 1.54) is 11.8 Å². The van der Waals surface area contributed by atoms with Crippen molar-refractivity contribution < 1.29 is 24.2 Å². The Balaban J connectivity index is 1.38. The molecule has 2 aliphatic rings. The van der Waals surface area contributed by atoms with E-state index in [1.807, 2.05) is 37.4 Å². The lowest BCUT2D eigenvalue weighted by Gasteiger charge is -2.31. The molecule has 0 aromatic heterocycles. The number of alkyl carbamates (subject to hydrolysis) is 1. The molecule has 7 nitrogen and oxygen atoms in total. The predicted octanol–water partition coefficient (Wildman–Crippen LogP) is 4.41. The van der Waals surface area contributed by atoms with Crippen molar-refractivity contribution in [1.29, 1.82) is 0 Å². The highest BCUT2D eigenvalue weighted by molar-refractivity contribution is 7.98.